The Hall–Kier alpha value is -2.57. The molecule has 0 aliphatic heterocycles. The fraction of sp³-hybridized carbons (Fsp3) is 0.250. The van der Waals surface area contributed by atoms with Crippen LogP contribution in [0.1, 0.15) is 18.2 Å². The maximum Gasteiger partial charge on any atom is 0.235 e. The summed E-state index contributed by atoms with van der Waals surface area (Å²) in [6.45, 7) is 2.27. The molecule has 27 heavy (non-hydrogen) atoms. The van der Waals surface area contributed by atoms with Crippen molar-refractivity contribution in [3.8, 4) is 17.2 Å². The van der Waals surface area contributed by atoms with E-state index in [0.29, 0.717) is 41.0 Å². The molecule has 0 radical (unpaired) electrons. The van der Waals surface area contributed by atoms with Gasteiger partial charge in [-0.2, -0.15) is 0 Å². The van der Waals surface area contributed by atoms with E-state index in [1.807, 2.05) is 25.9 Å². The first kappa shape index (κ1) is 20.7. The molecule has 5 nitrogen and oxygen atoms in total. The first-order chi connectivity index (χ1) is 12.4. The molecule has 0 spiro atoms. The number of ether oxygens (including phenoxy) is 1. The number of benzene rings is 2. The highest BCUT2D eigenvalue weighted by molar-refractivity contribution is 5.85. The predicted molar refractivity (Wildman–Crippen MR) is 105 cm³/mol. The largest absolute Gasteiger partial charge is 0.507 e. The summed E-state index contributed by atoms with van der Waals surface area (Å²) in [5, 5.41) is 10.5. The number of hydrogen-bond acceptors (Lipinski definition) is 5. The van der Waals surface area contributed by atoms with Crippen LogP contribution in [-0.2, 0) is 13.0 Å². The second-order valence-electron chi connectivity index (χ2n) is 6.27. The van der Waals surface area contributed by atoms with E-state index in [2.05, 4.69) is 0 Å². The Bertz CT molecular complexity index is 1000. The van der Waals surface area contributed by atoms with Crippen LogP contribution in [0.5, 0.6) is 17.2 Å². The van der Waals surface area contributed by atoms with Gasteiger partial charge in [-0.1, -0.05) is 6.92 Å². The van der Waals surface area contributed by atoms with Gasteiger partial charge in [-0.15, -0.1) is 12.4 Å². The maximum absolute atomic E-state index is 13.1. The maximum atomic E-state index is 13.1. The van der Waals surface area contributed by atoms with Crippen LogP contribution in [0.3, 0.4) is 0 Å². The highest BCUT2D eigenvalue weighted by Crippen LogP contribution is 2.32. The molecule has 0 aliphatic carbocycles. The van der Waals surface area contributed by atoms with E-state index in [9.17, 15) is 14.3 Å². The smallest absolute Gasteiger partial charge is 0.235 e. The molecule has 3 aromatic rings. The van der Waals surface area contributed by atoms with Crippen molar-refractivity contribution in [1.29, 1.82) is 0 Å². The zero-order chi connectivity index (χ0) is 18.8. The number of hydrogen-bond donors (Lipinski definition) is 1. The number of phenolic OH excluding ortho intramolecular Hbond substituents is 1. The highest BCUT2D eigenvalue weighted by Gasteiger charge is 2.20. The fourth-order valence-electron chi connectivity index (χ4n) is 2.76. The van der Waals surface area contributed by atoms with Gasteiger partial charge in [-0.3, -0.25) is 4.79 Å². The van der Waals surface area contributed by atoms with Crippen molar-refractivity contribution in [2.24, 2.45) is 0 Å². The minimum atomic E-state index is -0.387. The molecule has 0 fully saturated rings. The number of nitrogens with zero attached hydrogens (tertiary/aromatic N) is 1. The molecule has 144 valence electrons. The Morgan fingerprint density at radius 2 is 1.81 bits per heavy atom. The summed E-state index contributed by atoms with van der Waals surface area (Å²) < 4.78 is 24.7. The normalized spacial score (nSPS) is 10.9. The van der Waals surface area contributed by atoms with Crippen molar-refractivity contribution in [3.63, 3.8) is 0 Å². The van der Waals surface area contributed by atoms with Crippen LogP contribution in [0.25, 0.3) is 11.0 Å². The molecule has 0 saturated heterocycles. The molecule has 0 unspecified atom stereocenters. The van der Waals surface area contributed by atoms with E-state index in [4.69, 9.17) is 9.15 Å². The third-order valence-electron chi connectivity index (χ3n) is 3.99. The van der Waals surface area contributed by atoms with Crippen molar-refractivity contribution < 1.29 is 18.7 Å². The summed E-state index contributed by atoms with van der Waals surface area (Å²) in [4.78, 5) is 14.9. The SMILES string of the molecule is CCc1oc2c(CN(C)C)c(O)ccc2c(=O)c1Oc1ccc(F)cc1.Cl. The first-order valence-electron chi connectivity index (χ1n) is 8.29. The zero-order valence-electron chi connectivity index (χ0n) is 15.3. The Labute approximate surface area is 162 Å². The van der Waals surface area contributed by atoms with Gasteiger partial charge in [-0.05, 0) is 50.5 Å². The highest BCUT2D eigenvalue weighted by atomic mass is 35.5. The number of phenols is 1. The van der Waals surface area contributed by atoms with Crippen LogP contribution in [0, 0.1) is 5.82 Å². The van der Waals surface area contributed by atoms with Crippen LogP contribution in [0.2, 0.25) is 0 Å². The van der Waals surface area contributed by atoms with Gasteiger partial charge >= 0.3 is 0 Å². The zero-order valence-corrected chi connectivity index (χ0v) is 16.1. The Balaban J connectivity index is 0.00000261. The van der Waals surface area contributed by atoms with Gasteiger partial charge in [0.25, 0.3) is 0 Å². The number of fused-ring (bicyclic) bond motifs is 1. The van der Waals surface area contributed by atoms with Crippen molar-refractivity contribution >= 4 is 23.4 Å². The molecular weight excluding hydrogens is 373 g/mol. The molecule has 0 atom stereocenters. The van der Waals surface area contributed by atoms with Crippen molar-refractivity contribution in [1.82, 2.24) is 4.90 Å². The number of halogens is 2. The van der Waals surface area contributed by atoms with E-state index >= 15 is 0 Å². The first-order valence-corrected chi connectivity index (χ1v) is 8.29. The third kappa shape index (κ3) is 4.23. The van der Waals surface area contributed by atoms with Crippen molar-refractivity contribution in [3.05, 3.63) is 63.8 Å². The Morgan fingerprint density at radius 3 is 2.41 bits per heavy atom. The minimum absolute atomic E-state index is 0. The lowest BCUT2D eigenvalue weighted by Crippen LogP contribution is -2.14. The molecule has 1 N–H and O–H groups in total. The van der Waals surface area contributed by atoms with E-state index in [1.165, 1.54) is 36.4 Å². The van der Waals surface area contributed by atoms with Gasteiger partial charge in [0.1, 0.15) is 22.9 Å². The lowest BCUT2D eigenvalue weighted by molar-refractivity contribution is 0.380. The van der Waals surface area contributed by atoms with E-state index in [-0.39, 0.29) is 35.2 Å². The summed E-state index contributed by atoms with van der Waals surface area (Å²) >= 11 is 0. The molecule has 7 heteroatoms. The van der Waals surface area contributed by atoms with Crippen LogP contribution >= 0.6 is 12.4 Å². The van der Waals surface area contributed by atoms with E-state index < -0.39 is 0 Å². The monoisotopic (exact) mass is 393 g/mol. The lowest BCUT2D eigenvalue weighted by atomic mass is 10.1. The average Bonchev–Trinajstić information content (AvgIpc) is 2.61. The van der Waals surface area contributed by atoms with Gasteiger partial charge in [0.05, 0.1) is 10.9 Å². The molecule has 3 rings (SSSR count). The number of rotatable bonds is 5. The molecule has 0 amide bonds. The molecule has 0 aliphatic rings. The molecule has 1 aromatic heterocycles. The number of aromatic hydroxyl groups is 1. The van der Waals surface area contributed by atoms with Crippen molar-refractivity contribution in [2.45, 2.75) is 19.9 Å². The summed E-state index contributed by atoms with van der Waals surface area (Å²) in [7, 11) is 3.73. The van der Waals surface area contributed by atoms with Gasteiger partial charge in [0.15, 0.2) is 5.76 Å². The Morgan fingerprint density at radius 1 is 1.15 bits per heavy atom. The van der Waals surface area contributed by atoms with Crippen LogP contribution in [-0.4, -0.2) is 24.1 Å². The topological polar surface area (TPSA) is 62.9 Å². The summed E-state index contributed by atoms with van der Waals surface area (Å²) in [6.07, 6.45) is 0.429. The molecule has 1 heterocycles. The van der Waals surface area contributed by atoms with Crippen LogP contribution < -0.4 is 10.2 Å². The quantitative estimate of drug-likeness (QED) is 0.692. The minimum Gasteiger partial charge on any atom is -0.507 e. The summed E-state index contributed by atoms with van der Waals surface area (Å²) in [6, 6.07) is 8.42. The van der Waals surface area contributed by atoms with Crippen LogP contribution in [0.15, 0.2) is 45.6 Å². The molecule has 0 bridgehead atoms. The molecule has 0 saturated carbocycles. The Kier molecular flexibility index (Phi) is 6.46. The van der Waals surface area contributed by atoms with E-state index in [1.54, 1.807) is 0 Å². The molecular formula is C20H21ClFNO4. The van der Waals surface area contributed by atoms with E-state index in [0.717, 1.165) is 0 Å². The van der Waals surface area contributed by atoms with Crippen molar-refractivity contribution in [2.75, 3.05) is 14.1 Å². The second kappa shape index (κ2) is 8.41. The van der Waals surface area contributed by atoms with Gasteiger partial charge < -0.3 is 19.2 Å². The fourth-order valence-corrected chi connectivity index (χ4v) is 2.76. The average molecular weight is 394 g/mol. The standard InChI is InChI=1S/C20H20FNO4.ClH/c1-4-17-20(25-13-7-5-12(21)6-8-13)18(24)14-9-10-16(23)15(11-22(2)3)19(14)26-17;/h5-10,23H,4,11H2,1-3H3;1H. The predicted octanol–water partition coefficient (Wildman–Crippen LogP) is 4.48. The van der Waals surface area contributed by atoms with Crippen LogP contribution in [0.4, 0.5) is 4.39 Å². The second-order valence-corrected chi connectivity index (χ2v) is 6.27. The number of aryl methyl sites for hydroxylation is 1. The van der Waals surface area contributed by atoms with Gasteiger partial charge in [0.2, 0.25) is 11.2 Å². The molecule has 2 aromatic carbocycles. The summed E-state index contributed by atoms with van der Waals surface area (Å²) in [5.74, 6) is 0.483. The van der Waals surface area contributed by atoms with Gasteiger partial charge in [-0.25, -0.2) is 4.39 Å². The summed E-state index contributed by atoms with van der Waals surface area (Å²) in [5.41, 5.74) is 0.576. The lowest BCUT2D eigenvalue weighted by Gasteiger charge is -2.15. The van der Waals surface area contributed by atoms with Gasteiger partial charge in [0, 0.05) is 13.0 Å². The third-order valence-corrected chi connectivity index (χ3v) is 3.99.